The highest BCUT2D eigenvalue weighted by atomic mass is 35.5. The molecule has 0 atom stereocenters. The van der Waals surface area contributed by atoms with Crippen LogP contribution in [0.4, 0.5) is 16.2 Å². The minimum Gasteiger partial charge on any atom is -0.496 e. The van der Waals surface area contributed by atoms with Crippen LogP contribution in [0.2, 0.25) is 10.0 Å². The predicted octanol–water partition coefficient (Wildman–Crippen LogP) is 4.72. The van der Waals surface area contributed by atoms with Gasteiger partial charge in [-0.3, -0.25) is 4.79 Å². The lowest BCUT2D eigenvalue weighted by molar-refractivity contribution is 0.0892. The maximum absolute atomic E-state index is 12.8. The summed E-state index contributed by atoms with van der Waals surface area (Å²) in [6.45, 7) is 4.39. The monoisotopic (exact) mass is 533 g/mol. The van der Waals surface area contributed by atoms with E-state index in [1.54, 1.807) is 36.4 Å². The van der Waals surface area contributed by atoms with E-state index in [-0.39, 0.29) is 18.0 Å². The molecule has 2 aliphatic rings. The molecule has 2 aliphatic heterocycles. The Morgan fingerprint density at radius 2 is 1.69 bits per heavy atom. The lowest BCUT2D eigenvalue weighted by atomic mass is 9.95. The highest BCUT2D eigenvalue weighted by molar-refractivity contribution is 6.33. The summed E-state index contributed by atoms with van der Waals surface area (Å²) in [6, 6.07) is 10.3. The second-order valence-electron chi connectivity index (χ2n) is 9.49. The Balaban J connectivity index is 1.18. The quantitative estimate of drug-likeness (QED) is 0.466. The van der Waals surface area contributed by atoms with Crippen LogP contribution < -0.4 is 21.1 Å². The van der Waals surface area contributed by atoms with Crippen LogP contribution in [-0.4, -0.2) is 67.6 Å². The number of nitrogens with two attached hydrogens (primary N) is 1. The topological polar surface area (TPSA) is 99.9 Å². The molecule has 4 N–H and O–H groups in total. The highest BCUT2D eigenvalue weighted by Crippen LogP contribution is 2.29. The van der Waals surface area contributed by atoms with Gasteiger partial charge >= 0.3 is 6.03 Å². The van der Waals surface area contributed by atoms with E-state index in [9.17, 15) is 9.59 Å². The Morgan fingerprint density at radius 1 is 1.03 bits per heavy atom. The molecule has 0 aliphatic carbocycles. The van der Waals surface area contributed by atoms with Gasteiger partial charge < -0.3 is 30.9 Å². The third-order valence-corrected chi connectivity index (χ3v) is 7.58. The molecule has 0 spiro atoms. The first kappa shape index (κ1) is 26.4. The average Bonchev–Trinajstić information content (AvgIpc) is 2.88. The second-order valence-corrected chi connectivity index (χ2v) is 10.3. The number of nitrogens with one attached hydrogen (secondary N) is 2. The first-order chi connectivity index (χ1) is 17.3. The van der Waals surface area contributed by atoms with E-state index in [0.717, 1.165) is 64.1 Å². The van der Waals surface area contributed by atoms with Crippen molar-refractivity contribution in [1.29, 1.82) is 0 Å². The van der Waals surface area contributed by atoms with Crippen LogP contribution in [0.5, 0.6) is 5.75 Å². The molecule has 0 bridgehead atoms. The Bertz CT molecular complexity index is 1070. The number of hydrogen-bond acceptors (Lipinski definition) is 5. The van der Waals surface area contributed by atoms with Gasteiger partial charge in [-0.15, -0.1) is 0 Å². The number of benzene rings is 2. The maximum Gasteiger partial charge on any atom is 0.321 e. The number of anilines is 2. The van der Waals surface area contributed by atoms with Crippen LogP contribution >= 0.6 is 23.2 Å². The number of ether oxygens (including phenoxy) is 1. The molecular formula is C26H33Cl2N5O3. The van der Waals surface area contributed by atoms with Gasteiger partial charge in [0.25, 0.3) is 5.91 Å². The molecule has 2 aromatic carbocycles. The fraction of sp³-hybridized carbons (Fsp3) is 0.462. The molecule has 0 radical (unpaired) electrons. The molecule has 2 heterocycles. The normalized spacial score (nSPS) is 17.6. The number of nitrogen functional groups attached to an aromatic ring is 1. The van der Waals surface area contributed by atoms with Crippen molar-refractivity contribution in [2.45, 2.75) is 31.7 Å². The third kappa shape index (κ3) is 6.75. The lowest BCUT2D eigenvalue weighted by Crippen LogP contribution is -2.47. The smallest absolute Gasteiger partial charge is 0.321 e. The van der Waals surface area contributed by atoms with Crippen molar-refractivity contribution in [2.24, 2.45) is 5.92 Å². The summed E-state index contributed by atoms with van der Waals surface area (Å²) in [5.41, 5.74) is 7.35. The van der Waals surface area contributed by atoms with E-state index in [0.29, 0.717) is 33.0 Å². The van der Waals surface area contributed by atoms with Gasteiger partial charge in [0.2, 0.25) is 0 Å². The van der Waals surface area contributed by atoms with Crippen LogP contribution in [0.25, 0.3) is 0 Å². The Kier molecular flexibility index (Phi) is 8.82. The fourth-order valence-electron chi connectivity index (χ4n) is 4.86. The average molecular weight is 534 g/mol. The zero-order valence-electron chi connectivity index (χ0n) is 20.4. The molecule has 3 amide bonds. The number of nitrogens with zero attached hydrogens (tertiary/aromatic N) is 2. The number of methoxy groups -OCH3 is 1. The van der Waals surface area contributed by atoms with Gasteiger partial charge in [0.05, 0.1) is 23.4 Å². The van der Waals surface area contributed by atoms with E-state index < -0.39 is 0 Å². The van der Waals surface area contributed by atoms with Crippen molar-refractivity contribution in [1.82, 2.24) is 15.1 Å². The Morgan fingerprint density at radius 3 is 2.33 bits per heavy atom. The summed E-state index contributed by atoms with van der Waals surface area (Å²) in [4.78, 5) is 29.7. The van der Waals surface area contributed by atoms with Crippen LogP contribution in [0, 0.1) is 5.92 Å². The third-order valence-electron chi connectivity index (χ3n) is 7.00. The second kappa shape index (κ2) is 12.0. The molecule has 10 heteroatoms. The van der Waals surface area contributed by atoms with Crippen LogP contribution in [0.1, 0.15) is 36.0 Å². The van der Waals surface area contributed by atoms with Crippen molar-refractivity contribution in [3.63, 3.8) is 0 Å². The molecule has 0 unspecified atom stereocenters. The number of likely N-dealkylation sites (tertiary alicyclic amines) is 2. The van der Waals surface area contributed by atoms with Gasteiger partial charge in [0, 0.05) is 55.5 Å². The minimum absolute atomic E-state index is 0.0636. The van der Waals surface area contributed by atoms with Crippen LogP contribution in [0.3, 0.4) is 0 Å². The number of amides is 3. The van der Waals surface area contributed by atoms with Crippen LogP contribution in [0.15, 0.2) is 36.4 Å². The molecule has 2 fully saturated rings. The highest BCUT2D eigenvalue weighted by Gasteiger charge is 2.27. The summed E-state index contributed by atoms with van der Waals surface area (Å²) in [7, 11) is 1.51. The van der Waals surface area contributed by atoms with E-state index in [1.165, 1.54) is 7.11 Å². The molecule has 0 saturated carbocycles. The summed E-state index contributed by atoms with van der Waals surface area (Å²) in [6.07, 6.45) is 3.75. The van der Waals surface area contributed by atoms with Gasteiger partial charge in [-0.25, -0.2) is 4.79 Å². The number of carbonyl (C=O) groups excluding carboxylic acids is 2. The largest absolute Gasteiger partial charge is 0.496 e. The van der Waals surface area contributed by atoms with Crippen molar-refractivity contribution in [3.8, 4) is 5.75 Å². The molecule has 2 aromatic rings. The number of halogens is 2. The van der Waals surface area contributed by atoms with E-state index in [2.05, 4.69) is 15.5 Å². The predicted molar refractivity (Wildman–Crippen MR) is 144 cm³/mol. The van der Waals surface area contributed by atoms with Crippen molar-refractivity contribution < 1.29 is 14.3 Å². The first-order valence-corrected chi connectivity index (χ1v) is 13.1. The van der Waals surface area contributed by atoms with Gasteiger partial charge in [-0.05, 0) is 61.9 Å². The lowest BCUT2D eigenvalue weighted by Gasteiger charge is -2.37. The standard InChI is InChI=1S/C26H33Cl2N5O3/c1-36-24-15-23(29)22(28)14-21(24)25(34)30-20-8-10-32(11-9-20)16-17-6-12-33(13-7-17)26(35)31-19-4-2-18(27)3-5-19/h2-5,14-15,17,20H,6-13,16,29H2,1H3,(H,30,34)(H,31,35). The molecular weight excluding hydrogens is 501 g/mol. The summed E-state index contributed by atoms with van der Waals surface area (Å²) in [5, 5.41) is 7.04. The van der Waals surface area contributed by atoms with Gasteiger partial charge in [-0.2, -0.15) is 0 Å². The number of piperidine rings is 2. The van der Waals surface area contributed by atoms with Crippen LogP contribution in [-0.2, 0) is 0 Å². The number of carbonyl (C=O) groups is 2. The van der Waals surface area contributed by atoms with Gasteiger partial charge in [-0.1, -0.05) is 23.2 Å². The zero-order valence-corrected chi connectivity index (χ0v) is 21.9. The number of rotatable bonds is 6. The van der Waals surface area contributed by atoms with E-state index in [4.69, 9.17) is 33.7 Å². The molecule has 194 valence electrons. The maximum atomic E-state index is 12.8. The van der Waals surface area contributed by atoms with Crippen molar-refractivity contribution in [3.05, 3.63) is 52.0 Å². The molecule has 0 aromatic heterocycles. The fourth-order valence-corrected chi connectivity index (χ4v) is 5.15. The molecule has 36 heavy (non-hydrogen) atoms. The van der Waals surface area contributed by atoms with E-state index >= 15 is 0 Å². The molecule has 8 nitrogen and oxygen atoms in total. The summed E-state index contributed by atoms with van der Waals surface area (Å²) in [5.74, 6) is 0.786. The van der Waals surface area contributed by atoms with Gasteiger partial charge in [0.15, 0.2) is 0 Å². The van der Waals surface area contributed by atoms with Gasteiger partial charge in [0.1, 0.15) is 5.75 Å². The molecule has 4 rings (SSSR count). The minimum atomic E-state index is -0.198. The Hall–Kier alpha value is -2.68. The summed E-state index contributed by atoms with van der Waals surface area (Å²) < 4.78 is 5.31. The first-order valence-electron chi connectivity index (χ1n) is 12.3. The zero-order chi connectivity index (χ0) is 25.7. The van der Waals surface area contributed by atoms with Crippen molar-refractivity contribution >= 4 is 46.5 Å². The SMILES string of the molecule is COc1cc(N)c(Cl)cc1C(=O)NC1CCN(CC2CCN(C(=O)Nc3ccc(Cl)cc3)CC2)CC1. The number of hydrogen-bond donors (Lipinski definition) is 3. The Labute approximate surface area is 222 Å². The summed E-state index contributed by atoms with van der Waals surface area (Å²) >= 11 is 12.0. The molecule has 2 saturated heterocycles. The van der Waals surface area contributed by atoms with Crippen molar-refractivity contribution in [2.75, 3.05) is 50.9 Å². The number of urea groups is 1. The van der Waals surface area contributed by atoms with E-state index in [1.807, 2.05) is 4.90 Å².